The van der Waals surface area contributed by atoms with E-state index in [0.29, 0.717) is 11.0 Å². The van der Waals surface area contributed by atoms with Crippen molar-refractivity contribution < 1.29 is 0 Å². The lowest BCUT2D eigenvalue weighted by atomic mass is 10.6. The third-order valence-corrected chi connectivity index (χ3v) is 3.96. The minimum Gasteiger partial charge on any atom is -0.308 e. The van der Waals surface area contributed by atoms with E-state index in [0.717, 1.165) is 9.37 Å². The highest BCUT2D eigenvalue weighted by Crippen LogP contribution is 2.29. The molecule has 0 aromatic carbocycles. The topological polar surface area (TPSA) is 76.7 Å². The highest BCUT2D eigenvalue weighted by Gasteiger charge is 2.06. The fourth-order valence-electron chi connectivity index (χ4n) is 0.972. The Bertz CT molecular complexity index is 436. The summed E-state index contributed by atoms with van der Waals surface area (Å²) in [5.74, 6) is 5.95. The van der Waals surface area contributed by atoms with E-state index in [2.05, 4.69) is 20.4 Å². The molecule has 0 fully saturated rings. The summed E-state index contributed by atoms with van der Waals surface area (Å²) in [5, 5.41) is 3.46. The second-order valence-corrected chi connectivity index (χ2v) is 5.56. The van der Waals surface area contributed by atoms with E-state index in [-0.39, 0.29) is 0 Å². The third-order valence-electron chi connectivity index (χ3n) is 1.61. The van der Waals surface area contributed by atoms with Gasteiger partial charge in [-0.3, -0.25) is 0 Å². The smallest absolute Gasteiger partial charge is 0.190 e. The molecule has 2 rings (SSSR count). The Morgan fingerprint density at radius 1 is 1.44 bits per heavy atom. The molecule has 0 aliphatic carbocycles. The second kappa shape index (κ2) is 5.48. The number of nitrogens with two attached hydrogens (primary N) is 1. The number of nitrogens with one attached hydrogen (secondary N) is 1. The van der Waals surface area contributed by atoms with Gasteiger partial charge in [0.1, 0.15) is 10.8 Å². The number of nitrogen functional groups attached to an aromatic ring is 1. The lowest BCUT2D eigenvalue weighted by Crippen LogP contribution is -2.09. The zero-order chi connectivity index (χ0) is 11.4. The maximum Gasteiger partial charge on any atom is 0.190 e. The van der Waals surface area contributed by atoms with Crippen molar-refractivity contribution in [2.45, 2.75) is 14.5 Å². The van der Waals surface area contributed by atoms with Gasteiger partial charge < -0.3 is 5.43 Å². The van der Waals surface area contributed by atoms with Gasteiger partial charge in [0.05, 0.1) is 0 Å². The van der Waals surface area contributed by atoms with Gasteiger partial charge in [0.15, 0.2) is 9.50 Å². The maximum atomic E-state index is 5.34. The van der Waals surface area contributed by atoms with Crippen molar-refractivity contribution >= 4 is 40.7 Å². The van der Waals surface area contributed by atoms with Gasteiger partial charge in [0.25, 0.3) is 0 Å². The van der Waals surface area contributed by atoms with E-state index < -0.39 is 0 Å². The van der Waals surface area contributed by atoms with Crippen molar-refractivity contribution in [2.24, 2.45) is 5.84 Å². The molecular weight excluding hydrogens is 262 g/mol. The lowest BCUT2D eigenvalue weighted by Gasteiger charge is -2.04. The van der Waals surface area contributed by atoms with Crippen LogP contribution in [0.5, 0.6) is 0 Å². The van der Waals surface area contributed by atoms with Crippen LogP contribution in [0.3, 0.4) is 0 Å². The van der Waals surface area contributed by atoms with Crippen molar-refractivity contribution in [1.29, 1.82) is 0 Å². The molecule has 0 spiro atoms. The Morgan fingerprint density at radius 2 is 2.31 bits per heavy atom. The molecule has 16 heavy (non-hydrogen) atoms. The minimum atomic E-state index is 0.610. The average Bonchev–Trinajstić information content (AvgIpc) is 2.81. The molecule has 3 N–H and O–H groups in total. The van der Waals surface area contributed by atoms with Gasteiger partial charge in [-0.05, 0) is 18.0 Å². The van der Waals surface area contributed by atoms with Crippen LogP contribution in [0, 0.1) is 0 Å². The first kappa shape index (κ1) is 11.6. The summed E-state index contributed by atoms with van der Waals surface area (Å²) >= 11 is 4.56. The Kier molecular flexibility index (Phi) is 3.99. The van der Waals surface area contributed by atoms with E-state index in [1.54, 1.807) is 23.6 Å². The number of hydrazine groups is 1. The van der Waals surface area contributed by atoms with Crippen molar-refractivity contribution in [3.05, 3.63) is 17.6 Å². The summed E-state index contributed by atoms with van der Waals surface area (Å²) in [6, 6.07) is 1.80. The maximum absolute atomic E-state index is 5.34. The first-order valence-electron chi connectivity index (χ1n) is 4.29. The molecule has 84 valence electrons. The number of nitrogens with zero attached hydrogens (tertiary/aromatic N) is 3. The van der Waals surface area contributed by atoms with Crippen molar-refractivity contribution in [3.8, 4) is 0 Å². The van der Waals surface area contributed by atoms with Crippen LogP contribution in [0.15, 0.2) is 32.2 Å². The SMILES string of the molecule is CSc1nc(NN)cc(Sc2nccs2)n1. The quantitative estimate of drug-likeness (QED) is 0.290. The van der Waals surface area contributed by atoms with E-state index >= 15 is 0 Å². The van der Waals surface area contributed by atoms with Crippen LogP contribution in [0.1, 0.15) is 0 Å². The average molecular weight is 271 g/mol. The fraction of sp³-hybridized carbons (Fsp3) is 0.125. The van der Waals surface area contributed by atoms with Gasteiger partial charge in [-0.25, -0.2) is 20.8 Å². The number of hydrogen-bond acceptors (Lipinski definition) is 8. The summed E-state index contributed by atoms with van der Waals surface area (Å²) in [4.78, 5) is 12.7. The van der Waals surface area contributed by atoms with Crippen molar-refractivity contribution in [2.75, 3.05) is 11.7 Å². The predicted molar refractivity (Wildman–Crippen MR) is 67.9 cm³/mol. The number of anilines is 1. The first-order chi connectivity index (χ1) is 7.81. The molecule has 0 unspecified atom stereocenters. The standard InChI is InChI=1S/C8H9N5S3/c1-14-7-11-5(13-9)4-6(12-7)16-8-10-2-3-15-8/h2-4H,9H2,1H3,(H,11,12,13). The molecule has 8 heteroatoms. The summed E-state index contributed by atoms with van der Waals surface area (Å²) in [6.45, 7) is 0. The number of aromatic nitrogens is 3. The van der Waals surface area contributed by atoms with Crippen LogP contribution in [-0.4, -0.2) is 21.2 Å². The first-order valence-corrected chi connectivity index (χ1v) is 7.21. The van der Waals surface area contributed by atoms with Gasteiger partial charge in [0, 0.05) is 17.6 Å². The van der Waals surface area contributed by atoms with Gasteiger partial charge in [-0.15, -0.1) is 11.3 Å². The minimum absolute atomic E-state index is 0.610. The highest BCUT2D eigenvalue weighted by molar-refractivity contribution is 8.01. The number of hydrogen-bond donors (Lipinski definition) is 2. The van der Waals surface area contributed by atoms with E-state index in [1.165, 1.54) is 23.5 Å². The van der Waals surface area contributed by atoms with Crippen LogP contribution in [0.4, 0.5) is 5.82 Å². The Morgan fingerprint density at radius 3 is 2.94 bits per heavy atom. The van der Waals surface area contributed by atoms with Crippen LogP contribution < -0.4 is 11.3 Å². The summed E-state index contributed by atoms with van der Waals surface area (Å²) < 4.78 is 0.953. The molecule has 0 amide bonds. The predicted octanol–water partition coefficient (Wildman–Crippen LogP) is 2.09. The zero-order valence-electron chi connectivity index (χ0n) is 8.38. The molecule has 0 radical (unpaired) electrons. The van der Waals surface area contributed by atoms with E-state index in [4.69, 9.17) is 5.84 Å². The molecule has 2 aromatic rings. The molecule has 0 saturated carbocycles. The fourth-order valence-corrected chi connectivity index (χ4v) is 2.98. The summed E-state index contributed by atoms with van der Waals surface area (Å²) in [7, 11) is 0. The molecule has 0 saturated heterocycles. The molecule has 0 aliphatic heterocycles. The van der Waals surface area contributed by atoms with Gasteiger partial charge >= 0.3 is 0 Å². The lowest BCUT2D eigenvalue weighted by molar-refractivity contribution is 0.893. The molecule has 5 nitrogen and oxygen atoms in total. The van der Waals surface area contributed by atoms with Crippen molar-refractivity contribution in [3.63, 3.8) is 0 Å². The van der Waals surface area contributed by atoms with Crippen LogP contribution in [0.25, 0.3) is 0 Å². The molecule has 2 heterocycles. The third kappa shape index (κ3) is 2.85. The van der Waals surface area contributed by atoms with Gasteiger partial charge in [-0.1, -0.05) is 11.8 Å². The van der Waals surface area contributed by atoms with E-state index in [9.17, 15) is 0 Å². The van der Waals surface area contributed by atoms with Crippen LogP contribution >= 0.6 is 34.9 Å². The normalized spacial score (nSPS) is 10.4. The second-order valence-electron chi connectivity index (χ2n) is 2.62. The van der Waals surface area contributed by atoms with Gasteiger partial charge in [0.2, 0.25) is 0 Å². The van der Waals surface area contributed by atoms with Crippen molar-refractivity contribution in [1.82, 2.24) is 15.0 Å². The zero-order valence-corrected chi connectivity index (χ0v) is 10.8. The van der Waals surface area contributed by atoms with Crippen LogP contribution in [0.2, 0.25) is 0 Å². The van der Waals surface area contributed by atoms with Gasteiger partial charge in [-0.2, -0.15) is 0 Å². The molecule has 0 bridgehead atoms. The molecule has 0 atom stereocenters. The largest absolute Gasteiger partial charge is 0.308 e. The Labute approximate surface area is 105 Å². The summed E-state index contributed by atoms with van der Waals surface area (Å²) in [5.41, 5.74) is 2.53. The monoisotopic (exact) mass is 271 g/mol. The molecule has 2 aromatic heterocycles. The van der Waals surface area contributed by atoms with E-state index in [1.807, 2.05) is 11.6 Å². The molecule has 0 aliphatic rings. The Balaban J connectivity index is 2.26. The summed E-state index contributed by atoms with van der Waals surface area (Å²) in [6.07, 6.45) is 3.69. The Hall–Kier alpha value is -0.830. The number of thiazole rings is 1. The molecular formula is C8H9N5S3. The number of thioether (sulfide) groups is 1. The highest BCUT2D eigenvalue weighted by atomic mass is 32.2. The van der Waals surface area contributed by atoms with Crippen LogP contribution in [-0.2, 0) is 0 Å². The number of rotatable bonds is 4.